The molecule has 0 saturated heterocycles. The number of benzene rings is 2. The molecule has 0 aliphatic heterocycles. The molecule has 2 rings (SSSR count). The Hall–Kier alpha value is -2.47. The van der Waals surface area contributed by atoms with Crippen molar-refractivity contribution >= 4 is 5.69 Å². The average molecular weight is 238 g/mol. The molecule has 0 amide bonds. The number of anilines is 1. The van der Waals surface area contributed by atoms with Crippen molar-refractivity contribution in [2.75, 3.05) is 5.73 Å². The first kappa shape index (κ1) is 12.0. The summed E-state index contributed by atoms with van der Waals surface area (Å²) < 4.78 is 5.76. The zero-order valence-electron chi connectivity index (χ0n) is 10.4. The van der Waals surface area contributed by atoms with Crippen LogP contribution in [0.15, 0.2) is 36.4 Å². The summed E-state index contributed by atoms with van der Waals surface area (Å²) in [5, 5.41) is 8.77. The molecule has 0 aromatic heterocycles. The second-order valence-corrected chi connectivity index (χ2v) is 4.24. The Bertz CT molecular complexity index is 627. The molecule has 0 atom stereocenters. The fourth-order valence-electron chi connectivity index (χ4n) is 1.74. The van der Waals surface area contributed by atoms with Crippen LogP contribution in [0.1, 0.15) is 16.7 Å². The molecule has 3 nitrogen and oxygen atoms in total. The molecule has 0 unspecified atom stereocenters. The maximum atomic E-state index is 8.77. The summed E-state index contributed by atoms with van der Waals surface area (Å²) in [5.74, 6) is 1.35. The molecule has 0 aliphatic carbocycles. The van der Waals surface area contributed by atoms with E-state index in [9.17, 15) is 0 Å². The number of nitrogens with zero attached hydrogens (tertiary/aromatic N) is 1. The summed E-state index contributed by atoms with van der Waals surface area (Å²) in [6.45, 7) is 4.02. The SMILES string of the molecule is Cc1ccc(Oc2ccc(C#N)cc2N)c(C)c1. The lowest BCUT2D eigenvalue weighted by Crippen LogP contribution is -1.94. The molecule has 2 N–H and O–H groups in total. The molecule has 2 aromatic rings. The van der Waals surface area contributed by atoms with Gasteiger partial charge in [-0.1, -0.05) is 17.7 Å². The largest absolute Gasteiger partial charge is 0.455 e. The van der Waals surface area contributed by atoms with E-state index < -0.39 is 0 Å². The van der Waals surface area contributed by atoms with Crippen LogP contribution in [0, 0.1) is 25.2 Å². The van der Waals surface area contributed by atoms with E-state index in [0.717, 1.165) is 11.3 Å². The molecule has 2 aromatic carbocycles. The van der Waals surface area contributed by atoms with Crippen LogP contribution in [-0.2, 0) is 0 Å². The maximum absolute atomic E-state index is 8.77. The minimum atomic E-state index is 0.467. The highest BCUT2D eigenvalue weighted by molar-refractivity contribution is 5.58. The highest BCUT2D eigenvalue weighted by atomic mass is 16.5. The van der Waals surface area contributed by atoms with Crippen LogP contribution >= 0.6 is 0 Å². The van der Waals surface area contributed by atoms with Gasteiger partial charge in [0, 0.05) is 0 Å². The summed E-state index contributed by atoms with van der Waals surface area (Å²) in [7, 11) is 0. The Morgan fingerprint density at radius 2 is 1.78 bits per heavy atom. The second kappa shape index (κ2) is 4.80. The molecule has 0 saturated carbocycles. The van der Waals surface area contributed by atoms with Gasteiger partial charge in [0.1, 0.15) is 11.5 Å². The van der Waals surface area contributed by atoms with Crippen LogP contribution in [0.5, 0.6) is 11.5 Å². The first-order valence-electron chi connectivity index (χ1n) is 5.65. The van der Waals surface area contributed by atoms with Gasteiger partial charge < -0.3 is 10.5 Å². The Balaban J connectivity index is 2.32. The van der Waals surface area contributed by atoms with Crippen molar-refractivity contribution in [3.8, 4) is 17.6 Å². The minimum absolute atomic E-state index is 0.467. The van der Waals surface area contributed by atoms with E-state index in [1.807, 2.05) is 32.0 Å². The topological polar surface area (TPSA) is 59.0 Å². The third kappa shape index (κ3) is 2.44. The first-order valence-corrected chi connectivity index (χ1v) is 5.65. The highest BCUT2D eigenvalue weighted by Crippen LogP contribution is 2.30. The van der Waals surface area contributed by atoms with E-state index >= 15 is 0 Å². The number of hydrogen-bond donors (Lipinski definition) is 1. The average Bonchev–Trinajstić information content (AvgIpc) is 2.34. The number of ether oxygens (including phenoxy) is 1. The Kier molecular flexibility index (Phi) is 3.20. The van der Waals surface area contributed by atoms with Crippen LogP contribution in [0.25, 0.3) is 0 Å². The number of nitrogen functional groups attached to an aromatic ring is 1. The predicted molar refractivity (Wildman–Crippen MR) is 71.6 cm³/mol. The van der Waals surface area contributed by atoms with E-state index in [0.29, 0.717) is 17.0 Å². The van der Waals surface area contributed by atoms with Gasteiger partial charge in [0.25, 0.3) is 0 Å². The Morgan fingerprint density at radius 3 is 2.39 bits per heavy atom. The zero-order valence-corrected chi connectivity index (χ0v) is 10.4. The molecule has 18 heavy (non-hydrogen) atoms. The predicted octanol–water partition coefficient (Wildman–Crippen LogP) is 3.55. The van der Waals surface area contributed by atoms with E-state index in [-0.39, 0.29) is 0 Å². The van der Waals surface area contributed by atoms with Crippen molar-refractivity contribution in [3.05, 3.63) is 53.1 Å². The van der Waals surface area contributed by atoms with Crippen LogP contribution < -0.4 is 10.5 Å². The quantitative estimate of drug-likeness (QED) is 0.814. The van der Waals surface area contributed by atoms with Crippen molar-refractivity contribution in [1.29, 1.82) is 5.26 Å². The molecule has 3 heteroatoms. The lowest BCUT2D eigenvalue weighted by molar-refractivity contribution is 0.481. The molecular weight excluding hydrogens is 224 g/mol. The summed E-state index contributed by atoms with van der Waals surface area (Å²) >= 11 is 0. The molecule has 90 valence electrons. The maximum Gasteiger partial charge on any atom is 0.150 e. The Morgan fingerprint density at radius 1 is 1.06 bits per heavy atom. The fraction of sp³-hybridized carbons (Fsp3) is 0.133. The summed E-state index contributed by atoms with van der Waals surface area (Å²) in [6.07, 6.45) is 0. The van der Waals surface area contributed by atoms with Crippen molar-refractivity contribution in [3.63, 3.8) is 0 Å². The molecule has 0 aliphatic rings. The molecule has 0 radical (unpaired) electrons. The number of rotatable bonds is 2. The summed E-state index contributed by atoms with van der Waals surface area (Å²) in [4.78, 5) is 0. The third-order valence-corrected chi connectivity index (χ3v) is 2.69. The van der Waals surface area contributed by atoms with Gasteiger partial charge in [-0.3, -0.25) is 0 Å². The van der Waals surface area contributed by atoms with E-state index in [1.165, 1.54) is 5.56 Å². The van der Waals surface area contributed by atoms with Crippen molar-refractivity contribution in [2.24, 2.45) is 0 Å². The molecule has 0 heterocycles. The smallest absolute Gasteiger partial charge is 0.150 e. The molecule has 0 spiro atoms. The second-order valence-electron chi connectivity index (χ2n) is 4.24. The molecular formula is C15H14N2O. The summed E-state index contributed by atoms with van der Waals surface area (Å²) in [6, 6.07) is 13.0. The number of nitrogens with two attached hydrogens (primary N) is 1. The standard InChI is InChI=1S/C15H14N2O/c1-10-3-5-14(11(2)7-10)18-15-6-4-12(9-16)8-13(15)17/h3-8H,17H2,1-2H3. The van der Waals surface area contributed by atoms with E-state index in [1.54, 1.807) is 18.2 Å². The molecule has 0 fully saturated rings. The monoisotopic (exact) mass is 238 g/mol. The van der Waals surface area contributed by atoms with Crippen LogP contribution in [0.4, 0.5) is 5.69 Å². The van der Waals surface area contributed by atoms with Crippen LogP contribution in [-0.4, -0.2) is 0 Å². The lowest BCUT2D eigenvalue weighted by atomic mass is 10.1. The molecule has 0 bridgehead atoms. The van der Waals surface area contributed by atoms with Gasteiger partial charge in [-0.25, -0.2) is 0 Å². The zero-order chi connectivity index (χ0) is 13.1. The third-order valence-electron chi connectivity index (χ3n) is 2.69. The number of nitriles is 1. The lowest BCUT2D eigenvalue weighted by Gasteiger charge is -2.11. The van der Waals surface area contributed by atoms with Crippen LogP contribution in [0.2, 0.25) is 0 Å². The van der Waals surface area contributed by atoms with Crippen molar-refractivity contribution in [2.45, 2.75) is 13.8 Å². The Labute approximate surface area is 106 Å². The first-order chi connectivity index (χ1) is 8.60. The minimum Gasteiger partial charge on any atom is -0.455 e. The van der Waals surface area contributed by atoms with Gasteiger partial charge in [-0.2, -0.15) is 5.26 Å². The van der Waals surface area contributed by atoms with Gasteiger partial charge in [0.05, 0.1) is 17.3 Å². The van der Waals surface area contributed by atoms with Gasteiger partial charge in [-0.05, 0) is 43.7 Å². The number of aryl methyl sites for hydroxylation is 2. The van der Waals surface area contributed by atoms with Crippen molar-refractivity contribution in [1.82, 2.24) is 0 Å². The van der Waals surface area contributed by atoms with Gasteiger partial charge in [0.15, 0.2) is 0 Å². The van der Waals surface area contributed by atoms with E-state index in [4.69, 9.17) is 15.7 Å². The van der Waals surface area contributed by atoms with Gasteiger partial charge in [0.2, 0.25) is 0 Å². The van der Waals surface area contributed by atoms with Gasteiger partial charge in [-0.15, -0.1) is 0 Å². The summed E-state index contributed by atoms with van der Waals surface area (Å²) in [5.41, 5.74) is 9.09. The van der Waals surface area contributed by atoms with Gasteiger partial charge >= 0.3 is 0 Å². The van der Waals surface area contributed by atoms with Crippen LogP contribution in [0.3, 0.4) is 0 Å². The van der Waals surface area contributed by atoms with E-state index in [2.05, 4.69) is 6.07 Å². The number of hydrogen-bond acceptors (Lipinski definition) is 3. The van der Waals surface area contributed by atoms with Crippen molar-refractivity contribution < 1.29 is 4.74 Å². The normalized spacial score (nSPS) is 9.83. The fourth-order valence-corrected chi connectivity index (χ4v) is 1.74. The highest BCUT2D eigenvalue weighted by Gasteiger charge is 2.05.